The van der Waals surface area contributed by atoms with Gasteiger partial charge in [0.1, 0.15) is 11.5 Å². The second-order valence-corrected chi connectivity index (χ2v) is 3.03. The van der Waals surface area contributed by atoms with E-state index in [1.54, 1.807) is 37.5 Å². The van der Waals surface area contributed by atoms with Gasteiger partial charge in [-0.05, 0) is 18.2 Å². The normalized spacial score (nSPS) is 10.1. The van der Waals surface area contributed by atoms with Crippen LogP contribution in [0, 0.1) is 0 Å². The van der Waals surface area contributed by atoms with Crippen molar-refractivity contribution < 1.29 is 14.3 Å². The molecule has 0 N–H and O–H groups in total. The topological polar surface area (TPSA) is 35.5 Å². The first-order chi connectivity index (χ1) is 7.72. The zero-order valence-corrected chi connectivity index (χ0v) is 9.40. The van der Waals surface area contributed by atoms with Crippen molar-refractivity contribution in [2.24, 2.45) is 0 Å². The molecule has 1 aromatic carbocycles. The lowest BCUT2D eigenvalue weighted by Crippen LogP contribution is -1.99. The highest BCUT2D eigenvalue weighted by atomic mass is 16.5. The van der Waals surface area contributed by atoms with Crippen LogP contribution in [0.4, 0.5) is 0 Å². The summed E-state index contributed by atoms with van der Waals surface area (Å²) in [7, 11) is 3.08. The number of carbonyl (C=O) groups excluding carboxylic acids is 1. The van der Waals surface area contributed by atoms with Crippen LogP contribution in [0.3, 0.4) is 0 Å². The first-order valence-electron chi connectivity index (χ1n) is 4.78. The lowest BCUT2D eigenvalue weighted by molar-refractivity contribution is 0.104. The maximum absolute atomic E-state index is 11.7. The molecule has 0 amide bonds. The van der Waals surface area contributed by atoms with Crippen LogP contribution < -0.4 is 9.47 Å². The molecule has 0 bridgehead atoms. The summed E-state index contributed by atoms with van der Waals surface area (Å²) in [5.74, 6) is 1.03. The monoisotopic (exact) mass is 218 g/mol. The molecule has 0 saturated heterocycles. The smallest absolute Gasteiger partial charge is 0.189 e. The van der Waals surface area contributed by atoms with Crippen molar-refractivity contribution >= 4 is 5.78 Å². The van der Waals surface area contributed by atoms with E-state index in [4.69, 9.17) is 9.47 Å². The van der Waals surface area contributed by atoms with Gasteiger partial charge in [-0.25, -0.2) is 0 Å². The summed E-state index contributed by atoms with van der Waals surface area (Å²) < 4.78 is 10.2. The zero-order valence-electron chi connectivity index (χ0n) is 9.40. The van der Waals surface area contributed by atoms with Crippen LogP contribution >= 0.6 is 0 Å². The summed E-state index contributed by atoms with van der Waals surface area (Å²) in [6.45, 7) is 3.51. The maximum atomic E-state index is 11.7. The Kier molecular flexibility index (Phi) is 4.33. The number of ether oxygens (including phenoxy) is 2. The third kappa shape index (κ3) is 2.73. The minimum Gasteiger partial charge on any atom is -0.497 e. The van der Waals surface area contributed by atoms with Crippen molar-refractivity contribution in [2.75, 3.05) is 14.2 Å². The van der Waals surface area contributed by atoms with E-state index in [0.717, 1.165) is 0 Å². The zero-order chi connectivity index (χ0) is 12.0. The van der Waals surface area contributed by atoms with E-state index in [1.165, 1.54) is 13.2 Å². The number of allylic oxidation sites excluding steroid dienone is 3. The quantitative estimate of drug-likeness (QED) is 0.433. The summed E-state index contributed by atoms with van der Waals surface area (Å²) in [6.07, 6.45) is 4.58. The second-order valence-electron chi connectivity index (χ2n) is 3.03. The number of hydrogen-bond donors (Lipinski definition) is 0. The maximum Gasteiger partial charge on any atom is 0.189 e. The predicted octanol–water partition coefficient (Wildman–Crippen LogP) is 2.63. The van der Waals surface area contributed by atoms with Crippen molar-refractivity contribution in [1.29, 1.82) is 0 Å². The van der Waals surface area contributed by atoms with Gasteiger partial charge in [0, 0.05) is 6.07 Å². The Morgan fingerprint density at radius 1 is 1.31 bits per heavy atom. The highest BCUT2D eigenvalue weighted by molar-refractivity contribution is 6.06. The van der Waals surface area contributed by atoms with E-state index in [2.05, 4.69) is 6.58 Å². The Balaban J connectivity index is 3.08. The van der Waals surface area contributed by atoms with Gasteiger partial charge in [0.25, 0.3) is 0 Å². The molecule has 0 fully saturated rings. The molecule has 0 saturated carbocycles. The molecule has 1 aromatic rings. The number of hydrogen-bond acceptors (Lipinski definition) is 3. The molecule has 0 aliphatic heterocycles. The third-order valence-corrected chi connectivity index (χ3v) is 2.06. The summed E-state index contributed by atoms with van der Waals surface area (Å²) in [5, 5.41) is 0. The van der Waals surface area contributed by atoms with Crippen LogP contribution in [0.25, 0.3) is 0 Å². The van der Waals surface area contributed by atoms with Gasteiger partial charge < -0.3 is 9.47 Å². The Morgan fingerprint density at radius 3 is 2.62 bits per heavy atom. The SMILES string of the molecule is C=CC=CC(=O)c1ccc(OC)cc1OC. The van der Waals surface area contributed by atoms with E-state index < -0.39 is 0 Å². The molecule has 3 nitrogen and oxygen atoms in total. The molecule has 3 heteroatoms. The Hall–Kier alpha value is -2.03. The average Bonchev–Trinajstić information content (AvgIpc) is 2.34. The second kappa shape index (κ2) is 5.75. The largest absolute Gasteiger partial charge is 0.497 e. The molecule has 84 valence electrons. The molecule has 1 rings (SSSR count). The van der Waals surface area contributed by atoms with E-state index in [9.17, 15) is 4.79 Å². The van der Waals surface area contributed by atoms with Gasteiger partial charge in [-0.1, -0.05) is 18.7 Å². The lowest BCUT2D eigenvalue weighted by atomic mass is 10.1. The predicted molar refractivity (Wildman–Crippen MR) is 63.2 cm³/mol. The molecule has 0 aliphatic rings. The molecule has 0 aromatic heterocycles. The van der Waals surface area contributed by atoms with Gasteiger partial charge in [-0.3, -0.25) is 4.79 Å². The number of rotatable bonds is 5. The summed E-state index contributed by atoms with van der Waals surface area (Å²) in [4.78, 5) is 11.7. The van der Waals surface area contributed by atoms with Crippen molar-refractivity contribution in [3.63, 3.8) is 0 Å². The highest BCUT2D eigenvalue weighted by Gasteiger charge is 2.10. The average molecular weight is 218 g/mol. The van der Waals surface area contributed by atoms with Gasteiger partial charge in [0.15, 0.2) is 5.78 Å². The van der Waals surface area contributed by atoms with Crippen molar-refractivity contribution in [3.8, 4) is 11.5 Å². The summed E-state index contributed by atoms with van der Waals surface area (Å²) in [5.41, 5.74) is 0.501. The molecule has 0 aliphatic carbocycles. The van der Waals surface area contributed by atoms with Crippen LogP contribution in [0.15, 0.2) is 43.0 Å². The number of benzene rings is 1. The standard InChI is InChI=1S/C13H14O3/c1-4-5-6-12(14)11-8-7-10(15-2)9-13(11)16-3/h4-9H,1H2,2-3H3. The molecular formula is C13H14O3. The molecule has 0 spiro atoms. The van der Waals surface area contributed by atoms with Gasteiger partial charge in [-0.2, -0.15) is 0 Å². The minimum absolute atomic E-state index is 0.126. The van der Waals surface area contributed by atoms with Crippen LogP contribution in [-0.2, 0) is 0 Å². The lowest BCUT2D eigenvalue weighted by Gasteiger charge is -2.07. The van der Waals surface area contributed by atoms with E-state index >= 15 is 0 Å². The van der Waals surface area contributed by atoms with Crippen molar-refractivity contribution in [2.45, 2.75) is 0 Å². The van der Waals surface area contributed by atoms with E-state index in [0.29, 0.717) is 17.1 Å². The minimum atomic E-state index is -0.126. The van der Waals surface area contributed by atoms with Gasteiger partial charge >= 0.3 is 0 Å². The molecule has 0 radical (unpaired) electrons. The fraction of sp³-hybridized carbons (Fsp3) is 0.154. The van der Waals surface area contributed by atoms with E-state index in [-0.39, 0.29) is 5.78 Å². The molecule has 0 unspecified atom stereocenters. The van der Waals surface area contributed by atoms with Gasteiger partial charge in [0.05, 0.1) is 19.8 Å². The molecule has 16 heavy (non-hydrogen) atoms. The summed E-state index contributed by atoms with van der Waals surface area (Å²) >= 11 is 0. The Morgan fingerprint density at radius 2 is 2.06 bits per heavy atom. The highest BCUT2D eigenvalue weighted by Crippen LogP contribution is 2.25. The van der Waals surface area contributed by atoms with E-state index in [1.807, 2.05) is 0 Å². The first-order valence-corrected chi connectivity index (χ1v) is 4.78. The molecule has 0 heterocycles. The molecule has 0 atom stereocenters. The van der Waals surface area contributed by atoms with Crippen LogP contribution in [-0.4, -0.2) is 20.0 Å². The molecular weight excluding hydrogens is 204 g/mol. The number of ketones is 1. The number of methoxy groups -OCH3 is 2. The fourth-order valence-corrected chi connectivity index (χ4v) is 1.25. The summed E-state index contributed by atoms with van der Waals surface area (Å²) in [6, 6.07) is 5.07. The van der Waals surface area contributed by atoms with Crippen molar-refractivity contribution in [3.05, 3.63) is 48.6 Å². The Bertz CT molecular complexity index is 419. The van der Waals surface area contributed by atoms with Crippen LogP contribution in [0.1, 0.15) is 10.4 Å². The van der Waals surface area contributed by atoms with Gasteiger partial charge in [0.2, 0.25) is 0 Å². The fourth-order valence-electron chi connectivity index (χ4n) is 1.25. The van der Waals surface area contributed by atoms with Crippen LogP contribution in [0.5, 0.6) is 11.5 Å². The van der Waals surface area contributed by atoms with Gasteiger partial charge in [-0.15, -0.1) is 0 Å². The Labute approximate surface area is 95.0 Å². The third-order valence-electron chi connectivity index (χ3n) is 2.06. The van der Waals surface area contributed by atoms with Crippen molar-refractivity contribution in [1.82, 2.24) is 0 Å². The number of carbonyl (C=O) groups is 1. The van der Waals surface area contributed by atoms with Crippen LogP contribution in [0.2, 0.25) is 0 Å². The first kappa shape index (κ1) is 12.0.